The van der Waals surface area contributed by atoms with Crippen LogP contribution in [-0.2, 0) is 16.4 Å². The van der Waals surface area contributed by atoms with Gasteiger partial charge in [-0.25, -0.2) is 8.93 Å². The molecule has 0 radical (unpaired) electrons. The molecule has 1 unspecified atom stereocenters. The number of nitrogens with zero attached hydrogens (tertiary/aromatic N) is 1. The first-order valence-electron chi connectivity index (χ1n) is 13.3. The Kier molecular flexibility index (Phi) is 6.05. The fourth-order valence-corrected chi connectivity index (χ4v) is 7.76. The minimum Gasteiger partial charge on any atom is -0.330 e. The molecule has 192 valence electrons. The van der Waals surface area contributed by atoms with Crippen molar-refractivity contribution in [2.75, 3.05) is 16.2 Å². The van der Waals surface area contributed by atoms with E-state index in [1.54, 1.807) is 6.07 Å². The molecular weight excluding hydrogens is 486 g/mol. The smallest absolute Gasteiger partial charge is 0.258 e. The molecule has 0 aromatic heterocycles. The number of carbonyl (C=O) groups is 1. The summed E-state index contributed by atoms with van der Waals surface area (Å²) in [5.41, 5.74) is 4.48. The Morgan fingerprint density at radius 1 is 1.03 bits per heavy atom. The van der Waals surface area contributed by atoms with Crippen molar-refractivity contribution in [1.29, 1.82) is 0 Å². The molecule has 0 saturated heterocycles. The van der Waals surface area contributed by atoms with Crippen LogP contribution in [0.4, 0.5) is 11.4 Å². The van der Waals surface area contributed by atoms with Gasteiger partial charge in [-0.1, -0.05) is 6.07 Å². The van der Waals surface area contributed by atoms with Crippen LogP contribution in [0.25, 0.3) is 0 Å². The predicted molar refractivity (Wildman–Crippen MR) is 150 cm³/mol. The molecule has 3 aliphatic carbocycles. The SMILES string of the molecule is CC(C)(C)NS(=O)c1cccc(C(=O)N2CC3(CCC4(CC4)CC3)c3cc(NSC4CC4)ccc32)c1. The Balaban J connectivity index is 1.29. The van der Waals surface area contributed by atoms with Gasteiger partial charge in [-0.05, 0) is 131 Å². The molecule has 2 aromatic carbocycles. The zero-order chi connectivity index (χ0) is 25.1. The summed E-state index contributed by atoms with van der Waals surface area (Å²) in [6.45, 7) is 6.71. The molecule has 3 saturated carbocycles. The van der Waals surface area contributed by atoms with Crippen LogP contribution in [0.1, 0.15) is 88.1 Å². The molecule has 1 aliphatic heterocycles. The van der Waals surface area contributed by atoms with Crippen LogP contribution in [0.3, 0.4) is 0 Å². The second-order valence-electron chi connectivity index (χ2n) is 12.5. The number of hydrogen-bond acceptors (Lipinski definition) is 4. The van der Waals surface area contributed by atoms with E-state index in [1.807, 2.05) is 55.8 Å². The summed E-state index contributed by atoms with van der Waals surface area (Å²) in [7, 11) is -1.37. The average molecular weight is 524 g/mol. The number of carbonyl (C=O) groups excluding carboxylic acids is 1. The van der Waals surface area contributed by atoms with Crippen molar-refractivity contribution in [1.82, 2.24) is 4.72 Å². The van der Waals surface area contributed by atoms with Crippen LogP contribution >= 0.6 is 11.9 Å². The molecular formula is C29H37N3O2S2. The molecule has 2 spiro atoms. The van der Waals surface area contributed by atoms with Gasteiger partial charge in [0.1, 0.15) is 11.0 Å². The van der Waals surface area contributed by atoms with Crippen molar-refractivity contribution < 1.29 is 9.00 Å². The van der Waals surface area contributed by atoms with Gasteiger partial charge in [-0.3, -0.25) is 4.79 Å². The number of benzene rings is 2. The molecule has 1 heterocycles. The van der Waals surface area contributed by atoms with Gasteiger partial charge in [0.15, 0.2) is 0 Å². The standard InChI is InChI=1S/C29H37N3O2S2/c1-27(2,3)31-36(34)23-6-4-5-20(17-23)26(33)32-19-29(15-13-28(11-12-28)14-16-29)24-18-21(7-10-25(24)32)30-35-22-8-9-22/h4-7,10,17-18,22,30-31H,8-9,11-16,19H2,1-3H3. The van der Waals surface area contributed by atoms with Gasteiger partial charge < -0.3 is 9.62 Å². The van der Waals surface area contributed by atoms with Crippen molar-refractivity contribution >= 4 is 40.2 Å². The summed E-state index contributed by atoms with van der Waals surface area (Å²) < 4.78 is 19.6. The van der Waals surface area contributed by atoms with Gasteiger partial charge in [0.05, 0.1) is 4.90 Å². The van der Waals surface area contributed by atoms with Crippen molar-refractivity contribution in [2.45, 2.75) is 93.2 Å². The quantitative estimate of drug-likeness (QED) is 0.420. The Bertz CT molecular complexity index is 1200. The van der Waals surface area contributed by atoms with E-state index in [2.05, 4.69) is 27.6 Å². The van der Waals surface area contributed by atoms with Crippen molar-refractivity contribution in [3.05, 3.63) is 53.6 Å². The Hall–Kier alpha value is -1.83. The lowest BCUT2D eigenvalue weighted by atomic mass is 9.66. The highest BCUT2D eigenvalue weighted by molar-refractivity contribution is 8.01. The van der Waals surface area contributed by atoms with Crippen LogP contribution in [0.5, 0.6) is 0 Å². The van der Waals surface area contributed by atoms with Gasteiger partial charge in [-0.15, -0.1) is 0 Å². The molecule has 1 atom stereocenters. The second kappa shape index (κ2) is 8.88. The molecule has 3 fully saturated rings. The summed E-state index contributed by atoms with van der Waals surface area (Å²) >= 11 is 1.83. The number of amides is 1. The number of hydrogen-bond donors (Lipinski definition) is 2. The van der Waals surface area contributed by atoms with Gasteiger partial charge in [0.25, 0.3) is 5.91 Å². The third-order valence-corrected chi connectivity index (χ3v) is 11.0. The molecule has 2 N–H and O–H groups in total. The summed E-state index contributed by atoms with van der Waals surface area (Å²) in [4.78, 5) is 16.6. The monoisotopic (exact) mass is 523 g/mol. The van der Waals surface area contributed by atoms with Crippen LogP contribution in [0.2, 0.25) is 0 Å². The first-order chi connectivity index (χ1) is 17.2. The molecule has 6 rings (SSSR count). The average Bonchev–Trinajstić information content (AvgIpc) is 3.79. The minimum atomic E-state index is -1.37. The van der Waals surface area contributed by atoms with Gasteiger partial charge in [0.2, 0.25) is 0 Å². The van der Waals surface area contributed by atoms with E-state index in [4.69, 9.17) is 0 Å². The maximum Gasteiger partial charge on any atom is 0.258 e. The van der Waals surface area contributed by atoms with E-state index in [0.29, 0.717) is 15.9 Å². The second-order valence-corrected chi connectivity index (χ2v) is 14.8. The van der Waals surface area contributed by atoms with Gasteiger partial charge in [0, 0.05) is 39.7 Å². The van der Waals surface area contributed by atoms with Crippen molar-refractivity contribution in [2.24, 2.45) is 5.41 Å². The van der Waals surface area contributed by atoms with E-state index >= 15 is 0 Å². The number of fused-ring (bicyclic) bond motifs is 2. The molecule has 5 nitrogen and oxygen atoms in total. The molecule has 0 bridgehead atoms. The lowest BCUT2D eigenvalue weighted by Crippen LogP contribution is -2.40. The van der Waals surface area contributed by atoms with Crippen LogP contribution in [-0.4, -0.2) is 27.4 Å². The zero-order valence-electron chi connectivity index (χ0n) is 21.6. The number of anilines is 2. The zero-order valence-corrected chi connectivity index (χ0v) is 23.2. The fourth-order valence-electron chi connectivity index (χ4n) is 5.85. The minimum absolute atomic E-state index is 0.00232. The van der Waals surface area contributed by atoms with Crippen LogP contribution in [0, 0.1) is 5.41 Å². The predicted octanol–water partition coefficient (Wildman–Crippen LogP) is 6.57. The highest BCUT2D eigenvalue weighted by atomic mass is 32.2. The number of rotatable bonds is 6. The van der Waals surface area contributed by atoms with E-state index in [9.17, 15) is 9.00 Å². The molecule has 4 aliphatic rings. The number of nitrogens with one attached hydrogen (secondary N) is 2. The highest BCUT2D eigenvalue weighted by Gasteiger charge is 2.53. The maximum atomic E-state index is 13.9. The summed E-state index contributed by atoms with van der Waals surface area (Å²) in [5.74, 6) is 0.00232. The molecule has 1 amide bonds. The molecule has 36 heavy (non-hydrogen) atoms. The Morgan fingerprint density at radius 3 is 2.42 bits per heavy atom. The Morgan fingerprint density at radius 2 is 1.75 bits per heavy atom. The molecule has 7 heteroatoms. The van der Waals surface area contributed by atoms with Gasteiger partial charge in [-0.2, -0.15) is 0 Å². The van der Waals surface area contributed by atoms with E-state index < -0.39 is 11.0 Å². The van der Waals surface area contributed by atoms with E-state index in [1.165, 1.54) is 44.1 Å². The van der Waals surface area contributed by atoms with E-state index in [0.717, 1.165) is 36.0 Å². The summed E-state index contributed by atoms with van der Waals surface area (Å²) in [6, 6.07) is 13.9. The van der Waals surface area contributed by atoms with E-state index in [-0.39, 0.29) is 16.9 Å². The lowest BCUT2D eigenvalue weighted by Gasteiger charge is -2.38. The topological polar surface area (TPSA) is 61.4 Å². The lowest BCUT2D eigenvalue weighted by molar-refractivity contribution is 0.0980. The summed E-state index contributed by atoms with van der Waals surface area (Å²) in [5, 5.41) is 0.736. The van der Waals surface area contributed by atoms with Crippen LogP contribution < -0.4 is 14.3 Å². The third-order valence-electron chi connectivity index (χ3n) is 8.35. The third kappa shape index (κ3) is 4.86. The van der Waals surface area contributed by atoms with Gasteiger partial charge >= 0.3 is 0 Å². The van der Waals surface area contributed by atoms with Crippen LogP contribution in [0.15, 0.2) is 47.4 Å². The maximum absolute atomic E-state index is 13.9. The van der Waals surface area contributed by atoms with Crippen molar-refractivity contribution in [3.63, 3.8) is 0 Å². The largest absolute Gasteiger partial charge is 0.330 e. The fraction of sp³-hybridized carbons (Fsp3) is 0.552. The first-order valence-corrected chi connectivity index (χ1v) is 15.4. The summed E-state index contributed by atoms with van der Waals surface area (Å²) in [6.07, 6.45) is 10.2. The highest BCUT2D eigenvalue weighted by Crippen LogP contribution is 2.62. The normalized spacial score (nSPS) is 22.5. The van der Waals surface area contributed by atoms with Crippen molar-refractivity contribution in [3.8, 4) is 0 Å². The molecule has 2 aromatic rings. The first kappa shape index (κ1) is 24.5. The Labute approximate surface area is 221 Å².